The van der Waals surface area contributed by atoms with E-state index in [9.17, 15) is 0 Å². The van der Waals surface area contributed by atoms with Crippen molar-refractivity contribution in [3.8, 4) is 100 Å². The molecule has 452 valence electrons. The maximum atomic E-state index is 2.74. The van der Waals surface area contributed by atoms with Crippen molar-refractivity contribution in [2.75, 3.05) is 0 Å². The number of allylic oxidation sites excluding steroid dienone is 4. The smallest absolute Gasteiger partial charge is 1.00 e. The number of benzene rings is 12. The quantitative estimate of drug-likeness (QED) is 0.0797. The summed E-state index contributed by atoms with van der Waals surface area (Å²) in [5.41, 5.74) is 34.3. The molecule has 0 aliphatic heterocycles. The molecule has 13 rings (SSSR count). The van der Waals surface area contributed by atoms with Crippen LogP contribution in [0.4, 0.5) is 0 Å². The van der Waals surface area contributed by atoms with Gasteiger partial charge in [0.05, 0.1) is 0 Å². The van der Waals surface area contributed by atoms with E-state index in [1.54, 1.807) is 0 Å². The van der Waals surface area contributed by atoms with Gasteiger partial charge in [-0.05, 0) is 0 Å². The average molecular weight is 1300 g/mol. The molecule has 12 aromatic carbocycles. The van der Waals surface area contributed by atoms with Gasteiger partial charge in [-0.25, -0.2) is 0 Å². The van der Waals surface area contributed by atoms with Gasteiger partial charge >= 0.3 is 545 Å². The summed E-state index contributed by atoms with van der Waals surface area (Å²) in [6.45, 7) is 25.0. The SMILES string of the molecule is CC1=C(C)C(C)([Si](c2c(C)c(-c3ccccc3)c(C)c(-c3ccccc3)c2-c2ccccc2)(c2c(C)c(-c3ccccc3)c(C)c(-c3ccccc3)c2-c2ccccc2)c2c(C)c(-c3ccccc3)c(C)c(-c3ccccc3)c2-c2ccccc2)[C]([Ti+3])=C1C.[Cl-].[Cl-].[Cl-]. The fourth-order valence-electron chi connectivity index (χ4n) is 16.2. The number of hydrogen-bond donors (Lipinski definition) is 0. The van der Waals surface area contributed by atoms with Crippen LogP contribution < -0.4 is 52.8 Å². The topological polar surface area (TPSA) is 0 Å². The summed E-state index contributed by atoms with van der Waals surface area (Å²) in [5.74, 6) is 0. The molecule has 1 aliphatic rings. The van der Waals surface area contributed by atoms with Gasteiger partial charge < -0.3 is 37.2 Å². The minimum absolute atomic E-state index is 0. The average Bonchev–Trinajstić information content (AvgIpc) is 1.09. The van der Waals surface area contributed by atoms with Crippen LogP contribution in [0.1, 0.15) is 61.1 Å². The molecule has 0 nitrogen and oxygen atoms in total. The van der Waals surface area contributed by atoms with Gasteiger partial charge in [-0.3, -0.25) is 0 Å². The fourth-order valence-corrected chi connectivity index (χ4v) is 25.2. The van der Waals surface area contributed by atoms with E-state index >= 15 is 0 Å². The molecule has 0 radical (unpaired) electrons. The molecule has 0 bridgehead atoms. The van der Waals surface area contributed by atoms with Gasteiger partial charge in [0.2, 0.25) is 0 Å². The van der Waals surface area contributed by atoms with Crippen molar-refractivity contribution < 1.29 is 57.7 Å². The van der Waals surface area contributed by atoms with Crippen LogP contribution in [0.5, 0.6) is 0 Å². The zero-order valence-corrected chi connectivity index (χ0v) is 58.9. The second-order valence-electron chi connectivity index (χ2n) is 24.7. The molecule has 0 N–H and O–H groups in total. The van der Waals surface area contributed by atoms with Gasteiger partial charge in [0.1, 0.15) is 0 Å². The summed E-state index contributed by atoms with van der Waals surface area (Å²) in [5, 5.41) is 3.61. The van der Waals surface area contributed by atoms with E-state index in [-0.39, 0.29) is 37.2 Å². The van der Waals surface area contributed by atoms with Crippen LogP contribution in [-0.4, -0.2) is 8.07 Å². The summed E-state index contributed by atoms with van der Waals surface area (Å²) in [6, 6.07) is 103. The van der Waals surface area contributed by atoms with Gasteiger partial charge in [-0.2, -0.15) is 0 Å². The van der Waals surface area contributed by atoms with Crippen LogP contribution in [0.2, 0.25) is 5.04 Å². The molecular formula is C87H75Cl3SiTi. The first kappa shape index (κ1) is 66.8. The maximum absolute atomic E-state index is 4.31. The first-order chi connectivity index (χ1) is 43.3. The van der Waals surface area contributed by atoms with Crippen molar-refractivity contribution >= 4 is 23.6 Å². The number of halogens is 3. The zero-order chi connectivity index (χ0) is 61.7. The van der Waals surface area contributed by atoms with E-state index in [0.29, 0.717) is 0 Å². The second kappa shape index (κ2) is 27.6. The first-order valence-electron chi connectivity index (χ1n) is 31.4. The first-order valence-corrected chi connectivity index (χ1v) is 34.2. The van der Waals surface area contributed by atoms with Crippen LogP contribution in [0.15, 0.2) is 294 Å². The van der Waals surface area contributed by atoms with Crippen molar-refractivity contribution in [1.82, 2.24) is 0 Å². The predicted molar refractivity (Wildman–Crippen MR) is 381 cm³/mol. The predicted octanol–water partition coefficient (Wildman–Crippen LogP) is 13.0. The van der Waals surface area contributed by atoms with Crippen LogP contribution in [0, 0.1) is 41.5 Å². The van der Waals surface area contributed by atoms with E-state index in [2.05, 4.69) is 363 Å². The van der Waals surface area contributed by atoms with E-state index in [1.165, 1.54) is 170 Å². The number of rotatable bonds is 13. The Bertz CT molecular complexity index is 4240. The Hall–Kier alpha value is -8.08. The second-order valence-corrected chi connectivity index (χ2v) is 29.5. The Morgan fingerprint density at radius 2 is 0.402 bits per heavy atom. The van der Waals surface area contributed by atoms with Crippen LogP contribution >= 0.6 is 0 Å². The number of hydrogen-bond acceptors (Lipinski definition) is 0. The van der Waals surface area contributed by atoms with E-state index < -0.39 is 13.1 Å². The van der Waals surface area contributed by atoms with Crippen molar-refractivity contribution in [2.45, 2.75) is 74.3 Å². The molecule has 1 aliphatic carbocycles. The minimum Gasteiger partial charge on any atom is -1.00 e. The van der Waals surface area contributed by atoms with E-state index in [1.807, 2.05) is 0 Å². The molecule has 0 amide bonds. The molecule has 0 aromatic heterocycles. The molecular weight excluding hydrogens is 1230 g/mol. The van der Waals surface area contributed by atoms with Gasteiger partial charge in [0.25, 0.3) is 0 Å². The Morgan fingerprint density at radius 3 is 0.576 bits per heavy atom. The van der Waals surface area contributed by atoms with Crippen molar-refractivity contribution in [3.05, 3.63) is 327 Å². The van der Waals surface area contributed by atoms with Gasteiger partial charge in [0, 0.05) is 0 Å². The normalized spacial score (nSPS) is 13.7. The molecule has 1 atom stereocenters. The Labute approximate surface area is 578 Å². The molecule has 0 spiro atoms. The minimum atomic E-state index is -4.31. The molecule has 12 aromatic rings. The van der Waals surface area contributed by atoms with Gasteiger partial charge in [0.15, 0.2) is 0 Å². The third-order valence-electron chi connectivity index (χ3n) is 20.2. The largest absolute Gasteiger partial charge is 1.00 e. The van der Waals surface area contributed by atoms with E-state index in [0.717, 1.165) is 0 Å². The summed E-state index contributed by atoms with van der Waals surface area (Å²) < 4.78 is 1.42. The van der Waals surface area contributed by atoms with Gasteiger partial charge in [-0.1, -0.05) is 0 Å². The molecule has 0 heterocycles. The maximum Gasteiger partial charge on any atom is -1.00 e. The molecule has 5 heteroatoms. The van der Waals surface area contributed by atoms with Crippen LogP contribution in [0.25, 0.3) is 100 Å². The summed E-state index contributed by atoms with van der Waals surface area (Å²) in [7, 11) is -4.31. The fraction of sp³-hybridized carbons (Fsp3) is 0.126. The molecule has 0 fully saturated rings. The van der Waals surface area contributed by atoms with E-state index in [4.69, 9.17) is 0 Å². The Kier molecular flexibility index (Phi) is 20.1. The third kappa shape index (κ3) is 10.8. The summed E-state index contributed by atoms with van der Waals surface area (Å²) >= 11 is 2.53. The van der Waals surface area contributed by atoms with Crippen LogP contribution in [-0.2, 0) is 20.4 Å². The van der Waals surface area contributed by atoms with Crippen molar-refractivity contribution in [3.63, 3.8) is 0 Å². The molecule has 0 saturated carbocycles. The molecule has 1 unspecified atom stereocenters. The van der Waals surface area contributed by atoms with Crippen molar-refractivity contribution in [1.29, 1.82) is 0 Å². The monoisotopic (exact) mass is 1300 g/mol. The standard InChI is InChI=1S/C87H75Si.3ClH.Ti/c1-57-56-87(10,65(9)58(57)2)88(84-62(6)75(66-38-20-11-21-39-66)59(3)78(69-44-26-14-27-45-69)81(84)72-50-32-17-33-51-72,85-63(7)76(67-40-22-12-23-41-67)60(4)79(70-46-28-15-29-47-70)82(85)73-52-34-18-35-53-73)86-64(8)77(68-42-24-13-25-43-68)61(5)80(71-48-30-16-31-49-71)83(86)74-54-36-19-37-55-74;;;;/h11-55H,1-10H3;3*1H;/q;;;;+3/p-3. The zero-order valence-electron chi connectivity index (χ0n) is 54.1. The Balaban J connectivity index is 0.00000309. The van der Waals surface area contributed by atoms with Gasteiger partial charge in [-0.15, -0.1) is 0 Å². The summed E-state index contributed by atoms with van der Waals surface area (Å²) in [6.07, 6.45) is 0. The third-order valence-corrected chi connectivity index (χ3v) is 28.2. The molecule has 92 heavy (non-hydrogen) atoms. The van der Waals surface area contributed by atoms with Crippen molar-refractivity contribution in [2.24, 2.45) is 0 Å². The Morgan fingerprint density at radius 1 is 0.228 bits per heavy atom. The molecule has 0 saturated heterocycles. The summed E-state index contributed by atoms with van der Waals surface area (Å²) in [4.78, 5) is 0. The van der Waals surface area contributed by atoms with Crippen LogP contribution in [0.3, 0.4) is 0 Å².